The first kappa shape index (κ1) is 24.5. The number of ketones is 1. The lowest BCUT2D eigenvalue weighted by Gasteiger charge is -2.08. The fraction of sp³-hybridized carbons (Fsp3) is 0.0870. The van der Waals surface area contributed by atoms with E-state index in [1.165, 1.54) is 43.5 Å². The van der Waals surface area contributed by atoms with E-state index in [1.807, 2.05) is 0 Å². The van der Waals surface area contributed by atoms with Crippen molar-refractivity contribution in [1.82, 2.24) is 0 Å². The second kappa shape index (κ2) is 10.7. The average Bonchev–Trinajstić information content (AvgIpc) is 2.86. The number of amides is 1. The molecule has 3 aromatic rings. The highest BCUT2D eigenvalue weighted by Crippen LogP contribution is 2.25. The first-order valence-corrected chi connectivity index (χ1v) is 9.88. The van der Waals surface area contributed by atoms with Gasteiger partial charge in [-0.05, 0) is 48.5 Å². The summed E-state index contributed by atoms with van der Waals surface area (Å²) in [7, 11) is 1.49. The minimum atomic E-state index is -0.910. The maximum Gasteiger partial charge on any atom is 0.338 e. The molecular weight excluding hydrogens is 462 g/mol. The zero-order chi connectivity index (χ0) is 25.5. The SMILES string of the molecule is COc1ccc(C(=O)COC(=O)c2cccc(NC(=O)c3ccc([N+](=O)[O-])cc3[N+](=O)[O-])c2)cc1. The van der Waals surface area contributed by atoms with E-state index < -0.39 is 51.1 Å². The maximum atomic E-state index is 12.6. The van der Waals surface area contributed by atoms with Gasteiger partial charge >= 0.3 is 5.97 Å². The number of methoxy groups -OCH3 is 1. The molecule has 12 heteroatoms. The number of nitro groups is 2. The van der Waals surface area contributed by atoms with Gasteiger partial charge < -0.3 is 14.8 Å². The van der Waals surface area contributed by atoms with E-state index in [2.05, 4.69) is 5.32 Å². The topological polar surface area (TPSA) is 168 Å². The zero-order valence-electron chi connectivity index (χ0n) is 18.1. The monoisotopic (exact) mass is 479 g/mol. The number of Topliss-reactive ketones (excluding diaryl/α,β-unsaturated/α-hetero) is 1. The molecule has 1 amide bonds. The second-order valence-corrected chi connectivity index (χ2v) is 6.98. The first-order valence-electron chi connectivity index (χ1n) is 9.88. The summed E-state index contributed by atoms with van der Waals surface area (Å²) in [6.07, 6.45) is 0. The van der Waals surface area contributed by atoms with Gasteiger partial charge in [-0.15, -0.1) is 0 Å². The van der Waals surface area contributed by atoms with Gasteiger partial charge in [-0.2, -0.15) is 0 Å². The Hall–Kier alpha value is -5.13. The van der Waals surface area contributed by atoms with Crippen molar-refractivity contribution in [1.29, 1.82) is 0 Å². The summed E-state index contributed by atoms with van der Waals surface area (Å²) in [5, 5.41) is 24.5. The standard InChI is InChI=1S/C23H17N3O9/c1-34-18-8-5-14(6-9-18)21(27)13-35-23(29)15-3-2-4-16(11-15)24-22(28)19-10-7-17(25(30)31)12-20(19)26(32)33/h2-12H,13H2,1H3,(H,24,28). The molecule has 0 heterocycles. The molecule has 0 radical (unpaired) electrons. The van der Waals surface area contributed by atoms with Crippen LogP contribution in [0.3, 0.4) is 0 Å². The number of benzene rings is 3. The second-order valence-electron chi connectivity index (χ2n) is 6.98. The molecule has 178 valence electrons. The summed E-state index contributed by atoms with van der Waals surface area (Å²) in [6.45, 7) is -0.517. The number of ether oxygens (including phenoxy) is 2. The predicted molar refractivity (Wildman–Crippen MR) is 122 cm³/mol. The molecule has 0 aliphatic rings. The molecule has 0 aliphatic carbocycles. The minimum Gasteiger partial charge on any atom is -0.497 e. The molecule has 0 aromatic heterocycles. The van der Waals surface area contributed by atoms with E-state index in [1.54, 1.807) is 12.1 Å². The van der Waals surface area contributed by atoms with Crippen molar-refractivity contribution in [3.8, 4) is 5.75 Å². The average molecular weight is 479 g/mol. The molecule has 0 spiro atoms. The molecule has 0 bridgehead atoms. The van der Waals surface area contributed by atoms with Gasteiger partial charge in [-0.25, -0.2) is 4.79 Å². The minimum absolute atomic E-state index is 0.0172. The van der Waals surface area contributed by atoms with Crippen LogP contribution in [0.15, 0.2) is 66.7 Å². The number of hydrogen-bond acceptors (Lipinski definition) is 9. The number of carbonyl (C=O) groups is 3. The molecule has 0 fully saturated rings. The van der Waals surface area contributed by atoms with Crippen LogP contribution in [0.4, 0.5) is 17.1 Å². The van der Waals surface area contributed by atoms with Gasteiger partial charge in [-0.3, -0.25) is 29.8 Å². The normalized spacial score (nSPS) is 10.2. The number of carbonyl (C=O) groups excluding carboxylic acids is 3. The number of anilines is 1. The van der Waals surface area contributed by atoms with Crippen LogP contribution in [-0.4, -0.2) is 41.2 Å². The molecule has 3 aromatic carbocycles. The summed E-state index contributed by atoms with van der Waals surface area (Å²) < 4.78 is 10.1. The third kappa shape index (κ3) is 6.01. The highest BCUT2D eigenvalue weighted by molar-refractivity contribution is 6.07. The molecule has 0 aliphatic heterocycles. The Kier molecular flexibility index (Phi) is 7.46. The molecular formula is C23H17N3O9. The number of hydrogen-bond donors (Lipinski definition) is 1. The molecule has 12 nitrogen and oxygen atoms in total. The summed E-state index contributed by atoms with van der Waals surface area (Å²) in [6, 6.07) is 14.4. The summed E-state index contributed by atoms with van der Waals surface area (Å²) >= 11 is 0. The smallest absolute Gasteiger partial charge is 0.338 e. The Morgan fingerprint density at radius 3 is 2.23 bits per heavy atom. The lowest BCUT2D eigenvalue weighted by molar-refractivity contribution is -0.394. The van der Waals surface area contributed by atoms with Crippen LogP contribution in [0.5, 0.6) is 5.75 Å². The van der Waals surface area contributed by atoms with E-state index in [0.717, 1.165) is 12.1 Å². The van der Waals surface area contributed by atoms with Crippen molar-refractivity contribution < 1.29 is 33.7 Å². The molecule has 0 unspecified atom stereocenters. The van der Waals surface area contributed by atoms with Crippen molar-refractivity contribution >= 4 is 34.7 Å². The molecule has 0 saturated heterocycles. The van der Waals surface area contributed by atoms with Crippen LogP contribution in [0.25, 0.3) is 0 Å². The zero-order valence-corrected chi connectivity index (χ0v) is 18.1. The number of rotatable bonds is 9. The number of nitrogens with one attached hydrogen (secondary N) is 1. The Balaban J connectivity index is 1.69. The molecule has 3 rings (SSSR count). The number of esters is 1. The summed E-state index contributed by atoms with van der Waals surface area (Å²) in [5.41, 5.74) is -1.24. The Bertz CT molecular complexity index is 1320. The number of nitro benzene ring substituents is 2. The van der Waals surface area contributed by atoms with Crippen LogP contribution in [0, 0.1) is 20.2 Å². The third-order valence-corrected chi connectivity index (χ3v) is 4.74. The Labute approximate surface area is 197 Å². The maximum absolute atomic E-state index is 12.6. The lowest BCUT2D eigenvalue weighted by atomic mass is 10.1. The van der Waals surface area contributed by atoms with Crippen molar-refractivity contribution in [2.45, 2.75) is 0 Å². The van der Waals surface area contributed by atoms with Gasteiger partial charge in [0.1, 0.15) is 11.3 Å². The van der Waals surface area contributed by atoms with E-state index in [9.17, 15) is 34.6 Å². The fourth-order valence-corrected chi connectivity index (χ4v) is 2.97. The van der Waals surface area contributed by atoms with E-state index in [0.29, 0.717) is 17.4 Å². The van der Waals surface area contributed by atoms with Gasteiger partial charge in [0.15, 0.2) is 12.4 Å². The third-order valence-electron chi connectivity index (χ3n) is 4.74. The van der Waals surface area contributed by atoms with Gasteiger partial charge in [0.2, 0.25) is 0 Å². The van der Waals surface area contributed by atoms with Crippen LogP contribution in [0.2, 0.25) is 0 Å². The molecule has 0 atom stereocenters. The van der Waals surface area contributed by atoms with Crippen molar-refractivity contribution in [3.05, 3.63) is 104 Å². The molecule has 0 saturated carbocycles. The summed E-state index contributed by atoms with van der Waals surface area (Å²) in [5.74, 6) is -1.61. The van der Waals surface area contributed by atoms with Gasteiger partial charge in [-0.1, -0.05) is 6.07 Å². The Morgan fingerprint density at radius 2 is 1.60 bits per heavy atom. The van der Waals surface area contributed by atoms with Crippen LogP contribution < -0.4 is 10.1 Å². The summed E-state index contributed by atoms with van der Waals surface area (Å²) in [4.78, 5) is 57.6. The van der Waals surface area contributed by atoms with Gasteiger partial charge in [0, 0.05) is 17.3 Å². The van der Waals surface area contributed by atoms with Crippen LogP contribution in [-0.2, 0) is 4.74 Å². The van der Waals surface area contributed by atoms with Crippen LogP contribution in [0.1, 0.15) is 31.1 Å². The lowest BCUT2D eigenvalue weighted by Crippen LogP contribution is -2.16. The largest absolute Gasteiger partial charge is 0.497 e. The van der Waals surface area contributed by atoms with E-state index >= 15 is 0 Å². The quantitative estimate of drug-likeness (QED) is 0.208. The van der Waals surface area contributed by atoms with Gasteiger partial charge in [0.25, 0.3) is 17.3 Å². The van der Waals surface area contributed by atoms with Gasteiger partial charge in [0.05, 0.1) is 28.6 Å². The highest BCUT2D eigenvalue weighted by atomic mass is 16.6. The van der Waals surface area contributed by atoms with E-state index in [4.69, 9.17) is 9.47 Å². The molecule has 1 N–H and O–H groups in total. The Morgan fingerprint density at radius 1 is 0.886 bits per heavy atom. The highest BCUT2D eigenvalue weighted by Gasteiger charge is 2.24. The van der Waals surface area contributed by atoms with E-state index in [-0.39, 0.29) is 11.3 Å². The van der Waals surface area contributed by atoms with Crippen molar-refractivity contribution in [3.63, 3.8) is 0 Å². The van der Waals surface area contributed by atoms with Crippen molar-refractivity contribution in [2.75, 3.05) is 19.0 Å². The number of non-ortho nitro benzene ring substituents is 1. The van der Waals surface area contributed by atoms with Crippen molar-refractivity contribution in [2.24, 2.45) is 0 Å². The fourth-order valence-electron chi connectivity index (χ4n) is 2.97. The molecule has 35 heavy (non-hydrogen) atoms. The number of nitrogens with zero attached hydrogens (tertiary/aromatic N) is 2. The van der Waals surface area contributed by atoms with Crippen LogP contribution >= 0.6 is 0 Å². The predicted octanol–water partition coefficient (Wildman–Crippen LogP) is 3.80. The first-order chi connectivity index (χ1) is 16.7.